The van der Waals surface area contributed by atoms with E-state index in [0.717, 1.165) is 34.7 Å². The molecule has 0 unspecified atom stereocenters. The number of nitrogens with two attached hydrogens (primary N) is 1. The number of halogens is 1. The lowest BCUT2D eigenvalue weighted by molar-refractivity contribution is 0.292. The summed E-state index contributed by atoms with van der Waals surface area (Å²) < 4.78 is 5.75. The van der Waals surface area contributed by atoms with Gasteiger partial charge in [0.1, 0.15) is 6.61 Å². The monoisotopic (exact) mass is 290 g/mol. The standard InChI is InChI=1S/C16H19ClN2O/c1-2-3-15-8-13(10-18)9-16(19-15)20-11-12-4-6-14(17)7-5-12/h4-9H,2-3,10-11,18H2,1H3. The lowest BCUT2D eigenvalue weighted by atomic mass is 10.1. The second-order valence-corrected chi connectivity index (χ2v) is 5.11. The molecule has 1 heterocycles. The lowest BCUT2D eigenvalue weighted by Crippen LogP contribution is -2.03. The first kappa shape index (κ1) is 14.8. The summed E-state index contributed by atoms with van der Waals surface area (Å²) >= 11 is 5.86. The first-order chi connectivity index (χ1) is 9.71. The fourth-order valence-electron chi connectivity index (χ4n) is 1.93. The molecule has 4 heteroatoms. The van der Waals surface area contributed by atoms with E-state index in [1.54, 1.807) is 0 Å². The number of pyridine rings is 1. The Labute approximate surface area is 124 Å². The van der Waals surface area contributed by atoms with Gasteiger partial charge in [0.05, 0.1) is 0 Å². The molecular weight excluding hydrogens is 272 g/mol. The van der Waals surface area contributed by atoms with Crippen LogP contribution in [0.2, 0.25) is 5.02 Å². The quantitative estimate of drug-likeness (QED) is 0.882. The zero-order valence-corrected chi connectivity index (χ0v) is 12.4. The molecule has 0 aliphatic heterocycles. The number of aryl methyl sites for hydroxylation is 1. The highest BCUT2D eigenvalue weighted by Gasteiger charge is 2.03. The van der Waals surface area contributed by atoms with Gasteiger partial charge in [-0.1, -0.05) is 37.1 Å². The SMILES string of the molecule is CCCc1cc(CN)cc(OCc2ccc(Cl)cc2)n1. The fraction of sp³-hybridized carbons (Fsp3) is 0.312. The van der Waals surface area contributed by atoms with E-state index in [9.17, 15) is 0 Å². The summed E-state index contributed by atoms with van der Waals surface area (Å²) in [5.74, 6) is 0.631. The van der Waals surface area contributed by atoms with Gasteiger partial charge in [-0.25, -0.2) is 4.98 Å². The van der Waals surface area contributed by atoms with Crippen LogP contribution in [0.1, 0.15) is 30.2 Å². The fourth-order valence-corrected chi connectivity index (χ4v) is 2.06. The molecule has 0 fully saturated rings. The smallest absolute Gasteiger partial charge is 0.214 e. The number of benzene rings is 1. The number of nitrogens with zero attached hydrogens (tertiary/aromatic N) is 1. The number of aromatic nitrogens is 1. The van der Waals surface area contributed by atoms with Crippen molar-refractivity contribution in [2.45, 2.75) is 32.9 Å². The summed E-state index contributed by atoms with van der Waals surface area (Å²) in [6, 6.07) is 11.5. The largest absolute Gasteiger partial charge is 0.473 e. The minimum atomic E-state index is 0.476. The van der Waals surface area contributed by atoms with Crippen molar-refractivity contribution in [1.82, 2.24) is 4.98 Å². The van der Waals surface area contributed by atoms with Gasteiger partial charge in [0.2, 0.25) is 5.88 Å². The molecule has 2 rings (SSSR count). The maximum absolute atomic E-state index is 5.86. The van der Waals surface area contributed by atoms with Gasteiger partial charge in [0, 0.05) is 23.3 Å². The van der Waals surface area contributed by atoms with Gasteiger partial charge in [-0.15, -0.1) is 0 Å². The molecule has 0 atom stereocenters. The van der Waals surface area contributed by atoms with Gasteiger partial charge in [-0.05, 0) is 35.7 Å². The van der Waals surface area contributed by atoms with Crippen molar-refractivity contribution >= 4 is 11.6 Å². The second kappa shape index (κ2) is 7.27. The van der Waals surface area contributed by atoms with E-state index in [4.69, 9.17) is 22.1 Å². The average molecular weight is 291 g/mol. The molecule has 106 valence electrons. The average Bonchev–Trinajstić information content (AvgIpc) is 2.47. The number of ether oxygens (including phenoxy) is 1. The van der Waals surface area contributed by atoms with Crippen molar-refractivity contribution in [3.8, 4) is 5.88 Å². The van der Waals surface area contributed by atoms with E-state index < -0.39 is 0 Å². The maximum atomic E-state index is 5.86. The van der Waals surface area contributed by atoms with Crippen molar-refractivity contribution in [3.63, 3.8) is 0 Å². The van der Waals surface area contributed by atoms with Gasteiger partial charge < -0.3 is 10.5 Å². The zero-order valence-electron chi connectivity index (χ0n) is 11.6. The first-order valence-corrected chi connectivity index (χ1v) is 7.16. The molecule has 2 N–H and O–H groups in total. The summed E-state index contributed by atoms with van der Waals surface area (Å²) in [6.45, 7) is 3.10. The highest BCUT2D eigenvalue weighted by Crippen LogP contribution is 2.16. The van der Waals surface area contributed by atoms with E-state index in [1.807, 2.05) is 36.4 Å². The van der Waals surface area contributed by atoms with Crippen molar-refractivity contribution in [2.75, 3.05) is 0 Å². The van der Waals surface area contributed by atoms with Crippen LogP contribution in [0.3, 0.4) is 0 Å². The van der Waals surface area contributed by atoms with Crippen molar-refractivity contribution in [1.29, 1.82) is 0 Å². The summed E-state index contributed by atoms with van der Waals surface area (Å²) in [5.41, 5.74) is 8.85. The van der Waals surface area contributed by atoms with E-state index in [-0.39, 0.29) is 0 Å². The molecule has 0 radical (unpaired) electrons. The van der Waals surface area contributed by atoms with Crippen LogP contribution in [-0.2, 0) is 19.6 Å². The highest BCUT2D eigenvalue weighted by atomic mass is 35.5. The molecule has 1 aromatic heterocycles. The van der Waals surface area contributed by atoms with Gasteiger partial charge >= 0.3 is 0 Å². The number of hydrogen-bond acceptors (Lipinski definition) is 3. The van der Waals surface area contributed by atoms with Crippen molar-refractivity contribution < 1.29 is 4.74 Å². The Balaban J connectivity index is 2.07. The summed E-state index contributed by atoms with van der Waals surface area (Å²) in [7, 11) is 0. The normalized spacial score (nSPS) is 10.6. The summed E-state index contributed by atoms with van der Waals surface area (Å²) in [5, 5.41) is 0.724. The lowest BCUT2D eigenvalue weighted by Gasteiger charge is -2.09. The minimum absolute atomic E-state index is 0.476. The minimum Gasteiger partial charge on any atom is -0.473 e. The molecule has 0 amide bonds. The maximum Gasteiger partial charge on any atom is 0.214 e. The summed E-state index contributed by atoms with van der Waals surface area (Å²) in [6.07, 6.45) is 1.99. The number of rotatable bonds is 6. The Kier molecular flexibility index (Phi) is 5.39. The molecule has 20 heavy (non-hydrogen) atoms. The van der Waals surface area contributed by atoms with Gasteiger partial charge in [-0.2, -0.15) is 0 Å². The second-order valence-electron chi connectivity index (χ2n) is 4.67. The van der Waals surface area contributed by atoms with Crippen molar-refractivity contribution in [3.05, 3.63) is 58.2 Å². The Morgan fingerprint density at radius 2 is 1.90 bits per heavy atom. The van der Waals surface area contributed by atoms with Crippen LogP contribution in [0.15, 0.2) is 36.4 Å². The van der Waals surface area contributed by atoms with E-state index in [0.29, 0.717) is 19.0 Å². The Morgan fingerprint density at radius 1 is 1.15 bits per heavy atom. The van der Waals surface area contributed by atoms with Crippen LogP contribution in [0, 0.1) is 0 Å². The summed E-state index contributed by atoms with van der Waals surface area (Å²) in [4.78, 5) is 4.50. The molecule has 0 bridgehead atoms. The van der Waals surface area contributed by atoms with E-state index in [1.165, 1.54) is 0 Å². The Morgan fingerprint density at radius 3 is 2.55 bits per heavy atom. The first-order valence-electron chi connectivity index (χ1n) is 6.78. The molecule has 2 aromatic rings. The van der Waals surface area contributed by atoms with Gasteiger partial charge in [-0.3, -0.25) is 0 Å². The van der Waals surface area contributed by atoms with E-state index in [2.05, 4.69) is 11.9 Å². The predicted octanol–water partition coefficient (Wildman–Crippen LogP) is 3.73. The predicted molar refractivity (Wildman–Crippen MR) is 81.9 cm³/mol. The van der Waals surface area contributed by atoms with E-state index >= 15 is 0 Å². The Hall–Kier alpha value is -1.58. The van der Waals surface area contributed by atoms with Crippen LogP contribution < -0.4 is 10.5 Å². The molecule has 1 aromatic carbocycles. The molecule has 0 saturated heterocycles. The van der Waals surface area contributed by atoms with Crippen LogP contribution in [-0.4, -0.2) is 4.98 Å². The topological polar surface area (TPSA) is 48.1 Å². The van der Waals surface area contributed by atoms with Gasteiger partial charge in [0.25, 0.3) is 0 Å². The Bertz CT molecular complexity index is 555. The highest BCUT2D eigenvalue weighted by molar-refractivity contribution is 6.30. The molecular formula is C16H19ClN2O. The molecule has 0 saturated carbocycles. The molecule has 0 aliphatic carbocycles. The molecule has 0 aliphatic rings. The zero-order chi connectivity index (χ0) is 14.4. The van der Waals surface area contributed by atoms with Crippen LogP contribution in [0.4, 0.5) is 0 Å². The third-order valence-electron chi connectivity index (χ3n) is 2.96. The molecule has 3 nitrogen and oxygen atoms in total. The van der Waals surface area contributed by atoms with Crippen molar-refractivity contribution in [2.24, 2.45) is 5.73 Å². The van der Waals surface area contributed by atoms with Crippen LogP contribution in [0.25, 0.3) is 0 Å². The third-order valence-corrected chi connectivity index (χ3v) is 3.21. The van der Waals surface area contributed by atoms with Gasteiger partial charge in [0.15, 0.2) is 0 Å². The van der Waals surface area contributed by atoms with Crippen LogP contribution in [0.5, 0.6) is 5.88 Å². The number of hydrogen-bond donors (Lipinski definition) is 1. The van der Waals surface area contributed by atoms with Crippen LogP contribution >= 0.6 is 11.6 Å². The third kappa shape index (κ3) is 4.22. The molecule has 0 spiro atoms.